The molecular formula is C35H41NO7. The van der Waals surface area contributed by atoms with E-state index >= 15 is 0 Å². The highest BCUT2D eigenvalue weighted by atomic mass is 16.5. The number of aliphatic hydroxyl groups excluding tert-OH is 1. The molecule has 2 heterocycles. The molecule has 1 aromatic carbocycles. The normalized spacial score (nSPS) is 38.7. The van der Waals surface area contributed by atoms with E-state index in [9.17, 15) is 19.5 Å². The lowest BCUT2D eigenvalue weighted by Gasteiger charge is -2.62. The fourth-order valence-electron chi connectivity index (χ4n) is 9.27. The first-order valence-corrected chi connectivity index (χ1v) is 15.1. The average Bonchev–Trinajstić information content (AvgIpc) is 3.70. The molecule has 228 valence electrons. The van der Waals surface area contributed by atoms with Crippen molar-refractivity contribution in [1.29, 1.82) is 0 Å². The van der Waals surface area contributed by atoms with Crippen molar-refractivity contribution in [2.45, 2.75) is 77.7 Å². The van der Waals surface area contributed by atoms with Crippen LogP contribution < -0.4 is 5.32 Å². The number of carbonyl (C=O) groups is 3. The smallest absolute Gasteiger partial charge is 0.305 e. The quantitative estimate of drug-likeness (QED) is 0.359. The first-order chi connectivity index (χ1) is 20.4. The third-order valence-corrected chi connectivity index (χ3v) is 11.4. The molecule has 1 aromatic heterocycles. The number of hydrogen-bond acceptors (Lipinski definition) is 7. The second-order valence-electron chi connectivity index (χ2n) is 13.4. The molecule has 3 aliphatic carbocycles. The number of allylic oxidation sites excluding steroid dienone is 2. The van der Waals surface area contributed by atoms with Gasteiger partial charge in [-0.05, 0) is 62.0 Å². The minimum Gasteiger partial charge on any atom is -0.472 e. The van der Waals surface area contributed by atoms with Crippen LogP contribution in [0.3, 0.4) is 0 Å². The van der Waals surface area contributed by atoms with E-state index in [-0.39, 0.29) is 36.2 Å². The van der Waals surface area contributed by atoms with Crippen molar-refractivity contribution < 1.29 is 33.4 Å². The molecule has 1 aliphatic heterocycles. The summed E-state index contributed by atoms with van der Waals surface area (Å²) in [5.41, 5.74) is 0.738. The maximum absolute atomic E-state index is 14.2. The molecular weight excluding hydrogens is 546 g/mol. The number of furan rings is 1. The molecule has 43 heavy (non-hydrogen) atoms. The van der Waals surface area contributed by atoms with E-state index in [2.05, 4.69) is 12.2 Å². The monoisotopic (exact) mass is 587 g/mol. The average molecular weight is 588 g/mol. The molecule has 8 heteroatoms. The van der Waals surface area contributed by atoms with Crippen molar-refractivity contribution >= 4 is 17.7 Å². The van der Waals surface area contributed by atoms with Crippen molar-refractivity contribution in [2.24, 2.45) is 28.1 Å². The zero-order chi connectivity index (χ0) is 30.9. The summed E-state index contributed by atoms with van der Waals surface area (Å²) >= 11 is 0. The second-order valence-corrected chi connectivity index (χ2v) is 13.4. The molecule has 8 nitrogen and oxygen atoms in total. The molecule has 10 atom stereocenters. The summed E-state index contributed by atoms with van der Waals surface area (Å²) in [6.07, 6.45) is 4.94. The summed E-state index contributed by atoms with van der Waals surface area (Å²) in [6, 6.07) is 11.3. The van der Waals surface area contributed by atoms with E-state index in [0.717, 1.165) is 22.3 Å². The molecule has 2 aromatic rings. The largest absolute Gasteiger partial charge is 0.472 e. The Labute approximate surface area is 252 Å². The van der Waals surface area contributed by atoms with Gasteiger partial charge >= 0.3 is 5.97 Å². The van der Waals surface area contributed by atoms with Gasteiger partial charge < -0.3 is 24.3 Å². The summed E-state index contributed by atoms with van der Waals surface area (Å²) in [7, 11) is 1.34. The van der Waals surface area contributed by atoms with Gasteiger partial charge in [0.15, 0.2) is 5.78 Å². The number of hydrogen-bond donors (Lipinski definition) is 2. The van der Waals surface area contributed by atoms with E-state index < -0.39 is 46.3 Å². The molecule has 1 saturated carbocycles. The highest BCUT2D eigenvalue weighted by molar-refractivity contribution is 6.00. The van der Waals surface area contributed by atoms with Crippen LogP contribution in [0.2, 0.25) is 0 Å². The molecule has 2 N–H and O–H groups in total. The predicted octanol–water partition coefficient (Wildman–Crippen LogP) is 5.06. The van der Waals surface area contributed by atoms with E-state index in [4.69, 9.17) is 13.9 Å². The molecule has 0 spiro atoms. The van der Waals surface area contributed by atoms with Crippen molar-refractivity contribution in [2.75, 3.05) is 7.11 Å². The SMILES string of the molecule is COC(=O)C[C@H]1[C@]2(C)C3=C(C)[C@H](c4ccoc4)C[C@H]3O[C@@H]2[C@H](O)[C@@H]2[C@]1(C)C(=O)C=C[C@@]2(C)C(=O)NC(C)c1ccccc1. The third kappa shape index (κ3) is 4.13. The lowest BCUT2D eigenvalue weighted by molar-refractivity contribution is -0.211. The highest BCUT2D eigenvalue weighted by Gasteiger charge is 2.74. The maximum atomic E-state index is 14.2. The molecule has 0 radical (unpaired) electrons. The Hall–Kier alpha value is -3.49. The first kappa shape index (κ1) is 29.6. The fraction of sp³-hybridized carbons (Fsp3) is 0.514. The van der Waals surface area contributed by atoms with Crippen LogP contribution in [0.15, 0.2) is 76.6 Å². The van der Waals surface area contributed by atoms with Gasteiger partial charge in [-0.1, -0.05) is 55.8 Å². The lowest BCUT2D eigenvalue weighted by Crippen LogP contribution is -2.70. The van der Waals surface area contributed by atoms with Crippen LogP contribution >= 0.6 is 0 Å². The van der Waals surface area contributed by atoms with Crippen LogP contribution in [0, 0.1) is 28.1 Å². The van der Waals surface area contributed by atoms with Crippen LogP contribution in [0.25, 0.3) is 0 Å². The van der Waals surface area contributed by atoms with Crippen molar-refractivity contribution in [1.82, 2.24) is 5.32 Å². The van der Waals surface area contributed by atoms with Gasteiger partial charge in [0.25, 0.3) is 0 Å². The topological polar surface area (TPSA) is 115 Å². The van der Waals surface area contributed by atoms with Gasteiger partial charge in [-0.15, -0.1) is 0 Å². The molecule has 6 rings (SSSR count). The Morgan fingerprint density at radius 2 is 1.86 bits per heavy atom. The van der Waals surface area contributed by atoms with Crippen LogP contribution in [0.4, 0.5) is 0 Å². The van der Waals surface area contributed by atoms with Gasteiger partial charge in [-0.25, -0.2) is 0 Å². The third-order valence-electron chi connectivity index (χ3n) is 11.4. The number of aliphatic hydroxyl groups is 1. The number of amides is 1. The second kappa shape index (κ2) is 10.3. The molecule has 4 aliphatic rings. The molecule has 1 amide bonds. The lowest BCUT2D eigenvalue weighted by atomic mass is 9.41. The van der Waals surface area contributed by atoms with Crippen LogP contribution in [0.5, 0.6) is 0 Å². The van der Waals surface area contributed by atoms with Crippen LogP contribution in [-0.2, 0) is 23.9 Å². The summed E-state index contributed by atoms with van der Waals surface area (Å²) < 4.78 is 17.3. The van der Waals surface area contributed by atoms with Gasteiger partial charge in [-0.2, -0.15) is 0 Å². The number of methoxy groups -OCH3 is 1. The summed E-state index contributed by atoms with van der Waals surface area (Å²) in [4.78, 5) is 41.4. The highest BCUT2D eigenvalue weighted by Crippen LogP contribution is 2.70. The van der Waals surface area contributed by atoms with Crippen LogP contribution in [0.1, 0.15) is 70.5 Å². The number of benzene rings is 1. The van der Waals surface area contributed by atoms with Crippen LogP contribution in [-0.4, -0.2) is 48.2 Å². The minimum absolute atomic E-state index is 0.0514. The van der Waals surface area contributed by atoms with Gasteiger partial charge in [0, 0.05) is 22.7 Å². The molecule has 0 bridgehead atoms. The Bertz CT molecular complexity index is 1500. The number of fused-ring (bicyclic) bond motifs is 4. The Balaban J connectivity index is 1.46. The fourth-order valence-corrected chi connectivity index (χ4v) is 9.27. The Morgan fingerprint density at radius 3 is 2.51 bits per heavy atom. The molecule has 1 saturated heterocycles. The van der Waals surface area contributed by atoms with Gasteiger partial charge in [0.05, 0.1) is 55.8 Å². The van der Waals surface area contributed by atoms with Crippen molar-refractivity contribution in [3.63, 3.8) is 0 Å². The Kier molecular flexibility index (Phi) is 7.09. The summed E-state index contributed by atoms with van der Waals surface area (Å²) in [5, 5.41) is 15.4. The summed E-state index contributed by atoms with van der Waals surface area (Å²) in [5.74, 6) is -2.33. The van der Waals surface area contributed by atoms with E-state index in [1.807, 2.05) is 57.2 Å². The zero-order valence-corrected chi connectivity index (χ0v) is 25.6. The standard InChI is InChI=1S/C35H41NO7/c1-19-23(22-13-15-42-18-22)16-24-28(19)35(5)25(17-27(38)41-6)34(4)26(37)12-14-33(3,30(34)29(39)31(35)43-24)32(40)36-20(2)21-10-8-7-9-11-21/h7-15,18,20,23-25,29-31,39H,16-17H2,1-6H3,(H,36,40)/t20?,23-,24-,25-,29-,30+,31-,33-,34+,35-/m1/s1. The minimum atomic E-state index is -1.27. The predicted molar refractivity (Wildman–Crippen MR) is 159 cm³/mol. The van der Waals surface area contributed by atoms with Crippen molar-refractivity contribution in [3.05, 3.63) is 83.3 Å². The maximum Gasteiger partial charge on any atom is 0.305 e. The number of ether oxygens (including phenoxy) is 2. The van der Waals surface area contributed by atoms with Gasteiger partial charge in [0.1, 0.15) is 0 Å². The Morgan fingerprint density at radius 1 is 1.14 bits per heavy atom. The van der Waals surface area contributed by atoms with E-state index in [1.165, 1.54) is 13.2 Å². The van der Waals surface area contributed by atoms with Crippen molar-refractivity contribution in [3.8, 4) is 0 Å². The first-order valence-electron chi connectivity index (χ1n) is 15.1. The van der Waals surface area contributed by atoms with Gasteiger partial charge in [0.2, 0.25) is 5.91 Å². The number of carbonyl (C=O) groups excluding carboxylic acids is 3. The number of rotatable bonds is 6. The molecule has 2 fully saturated rings. The summed E-state index contributed by atoms with van der Waals surface area (Å²) in [6.45, 7) is 9.61. The number of nitrogens with one attached hydrogen (secondary N) is 1. The number of ketones is 1. The number of esters is 1. The zero-order valence-electron chi connectivity index (χ0n) is 25.6. The van der Waals surface area contributed by atoms with E-state index in [0.29, 0.717) is 6.42 Å². The van der Waals surface area contributed by atoms with E-state index in [1.54, 1.807) is 25.5 Å². The van der Waals surface area contributed by atoms with Gasteiger partial charge in [-0.3, -0.25) is 14.4 Å². The molecule has 1 unspecified atom stereocenters.